The molecular weight excluding hydrogens is 1040 g/mol. The van der Waals surface area contributed by atoms with Crippen LogP contribution < -0.4 is 5.19 Å². The maximum atomic E-state index is 9.21. The van der Waals surface area contributed by atoms with Crippen LogP contribution in [0.3, 0.4) is 0 Å². The maximum absolute atomic E-state index is 9.21. The van der Waals surface area contributed by atoms with Gasteiger partial charge in [0, 0.05) is 43.6 Å². The Balaban J connectivity index is 0.000000238. The van der Waals surface area contributed by atoms with Crippen molar-refractivity contribution in [3.63, 3.8) is 0 Å². The SMILES string of the molecule is N#Cc1ccc(-c2ccc3c(c2)sc2c[c-]c(-c4nc5ccccc5n4-c4ccc(-c5ccccc5)cc4-c4ccccc4)cc23)cc1.[2H]C(C)(C)c1cc(-c2[c-]cccc2)ncc1[Si](C)(C)C.[Ir]. The summed E-state index contributed by atoms with van der Waals surface area (Å²) in [4.78, 5) is 9.84. The second-order valence-electron chi connectivity index (χ2n) is 18.0. The fourth-order valence-corrected chi connectivity index (χ4v) is 11.5. The van der Waals surface area contributed by atoms with Crippen molar-refractivity contribution >= 4 is 55.8 Å². The molecule has 0 spiro atoms. The zero-order chi connectivity index (χ0) is 47.0. The third-order valence-corrected chi connectivity index (χ3v) is 15.3. The molecule has 3 aromatic heterocycles. The van der Waals surface area contributed by atoms with Crippen LogP contribution in [-0.2, 0) is 20.1 Å². The van der Waals surface area contributed by atoms with Crippen LogP contribution in [0.5, 0.6) is 0 Å². The van der Waals surface area contributed by atoms with Gasteiger partial charge in [0.2, 0.25) is 0 Å². The molecule has 0 N–H and O–H groups in total. The van der Waals surface area contributed by atoms with Crippen LogP contribution in [0.25, 0.3) is 92.9 Å². The minimum Gasteiger partial charge on any atom is -0.333 e. The van der Waals surface area contributed by atoms with Crippen LogP contribution in [0, 0.1) is 23.5 Å². The Morgan fingerprint density at radius 3 is 2.01 bits per heavy atom. The third-order valence-electron chi connectivity index (χ3n) is 12.2. The number of hydrogen-bond donors (Lipinski definition) is 0. The number of benzene rings is 8. The van der Waals surface area contributed by atoms with Gasteiger partial charge in [-0.2, -0.15) is 16.6 Å². The molecule has 333 valence electrons. The predicted molar refractivity (Wildman–Crippen MR) is 285 cm³/mol. The fourth-order valence-electron chi connectivity index (χ4n) is 8.77. The molecule has 68 heavy (non-hydrogen) atoms. The summed E-state index contributed by atoms with van der Waals surface area (Å²) in [5.74, 6) is 0.249. The third kappa shape index (κ3) is 9.30. The van der Waals surface area contributed by atoms with Gasteiger partial charge in [-0.15, -0.1) is 59.7 Å². The number of fused-ring (bicyclic) bond motifs is 4. The molecule has 0 bridgehead atoms. The topological polar surface area (TPSA) is 54.5 Å². The Kier molecular flexibility index (Phi) is 12.9. The van der Waals surface area contributed by atoms with Crippen molar-refractivity contribution in [3.05, 3.63) is 218 Å². The summed E-state index contributed by atoms with van der Waals surface area (Å²) in [6, 6.07) is 73.9. The van der Waals surface area contributed by atoms with E-state index in [2.05, 4.69) is 181 Å². The Morgan fingerprint density at radius 1 is 0.647 bits per heavy atom. The number of imidazole rings is 1. The molecule has 11 aromatic rings. The van der Waals surface area contributed by atoms with Gasteiger partial charge >= 0.3 is 0 Å². The number of pyridine rings is 1. The molecule has 7 heteroatoms. The molecule has 0 saturated heterocycles. The first-order chi connectivity index (χ1) is 32.9. The number of nitrogens with zero attached hydrogens (tertiary/aromatic N) is 4. The van der Waals surface area contributed by atoms with Gasteiger partial charge < -0.3 is 9.55 Å². The van der Waals surface area contributed by atoms with Crippen LogP contribution >= 0.6 is 11.3 Å². The van der Waals surface area contributed by atoms with Gasteiger partial charge in [-0.3, -0.25) is 4.98 Å². The quantitative estimate of drug-likeness (QED) is 0.113. The van der Waals surface area contributed by atoms with Gasteiger partial charge in [-0.25, -0.2) is 0 Å². The minimum atomic E-state index is -1.50. The molecule has 11 rings (SSSR count). The van der Waals surface area contributed by atoms with Gasteiger partial charge in [0.15, 0.2) is 0 Å². The maximum Gasteiger partial charge on any atom is 0.0991 e. The standard InChI is InChI=1S/C44H26N3S.C17H22NSi.Ir/c45-28-29-15-17-31(18-16-29)34-19-22-36-38-26-35(21-24-42(38)48-43(36)27-34)44-46-39-13-7-8-14-41(39)47(44)40-23-20-33(30-9-3-1-4-10-30)25-37(40)32-11-5-2-6-12-32;1-13(2)15-11-16(14-9-7-6-8-10-14)18-12-17(15)19(3,4)5;/h1-20,22-27H;6-9,11-13H,1-5H3;/q2*-1;/i;13D;. The van der Waals surface area contributed by atoms with Crippen LogP contribution in [-0.4, -0.2) is 22.6 Å². The van der Waals surface area contributed by atoms with E-state index in [1.165, 1.54) is 36.5 Å². The van der Waals surface area contributed by atoms with E-state index in [1.54, 1.807) is 11.3 Å². The van der Waals surface area contributed by atoms with Gasteiger partial charge in [0.25, 0.3) is 0 Å². The second-order valence-corrected chi connectivity index (χ2v) is 24.1. The zero-order valence-corrected chi connectivity index (χ0v) is 42.7. The van der Waals surface area contributed by atoms with Gasteiger partial charge in [0.1, 0.15) is 0 Å². The number of nitriles is 1. The van der Waals surface area contributed by atoms with Crippen molar-refractivity contribution < 1.29 is 21.5 Å². The Bertz CT molecular complexity index is 3640. The van der Waals surface area contributed by atoms with E-state index in [1.807, 2.05) is 74.6 Å². The van der Waals surface area contributed by atoms with E-state index < -0.39 is 14.0 Å². The molecule has 3 heterocycles. The van der Waals surface area contributed by atoms with E-state index in [9.17, 15) is 5.26 Å². The fraction of sp³-hybridized carbons (Fsp3) is 0.0984. The van der Waals surface area contributed by atoms with Crippen LogP contribution in [0.2, 0.25) is 19.6 Å². The molecule has 8 aromatic carbocycles. The smallest absolute Gasteiger partial charge is 0.0991 e. The molecule has 0 aliphatic heterocycles. The number of aromatic nitrogens is 3. The van der Waals surface area contributed by atoms with E-state index >= 15 is 0 Å². The summed E-state index contributed by atoms with van der Waals surface area (Å²) in [6.45, 7) is 10.8. The number of thiophene rings is 1. The van der Waals surface area contributed by atoms with E-state index in [-0.39, 0.29) is 20.1 Å². The monoisotopic (exact) mass is 1090 g/mol. The minimum absolute atomic E-state index is 0. The van der Waals surface area contributed by atoms with Crippen LogP contribution in [0.15, 0.2) is 194 Å². The number of para-hydroxylation sites is 2. The van der Waals surface area contributed by atoms with Crippen molar-refractivity contribution in [2.45, 2.75) is 39.4 Å². The second kappa shape index (κ2) is 19.7. The summed E-state index contributed by atoms with van der Waals surface area (Å²) in [7, 11) is -1.50. The molecule has 0 amide bonds. The molecule has 0 fully saturated rings. The molecule has 0 aliphatic carbocycles. The Morgan fingerprint density at radius 2 is 1.31 bits per heavy atom. The summed E-state index contributed by atoms with van der Waals surface area (Å²) in [6.07, 6.45) is 1.98. The average Bonchev–Trinajstić information content (AvgIpc) is 3.94. The van der Waals surface area contributed by atoms with Crippen molar-refractivity contribution in [2.75, 3.05) is 0 Å². The Labute approximate surface area is 419 Å². The summed E-state index contributed by atoms with van der Waals surface area (Å²) >= 11 is 1.78. The normalized spacial score (nSPS) is 11.7. The molecule has 0 atom stereocenters. The van der Waals surface area contributed by atoms with E-state index in [4.69, 9.17) is 6.35 Å². The average molecular weight is 1090 g/mol. The predicted octanol–water partition coefficient (Wildman–Crippen LogP) is 15.9. The molecule has 4 nitrogen and oxygen atoms in total. The van der Waals surface area contributed by atoms with Gasteiger partial charge in [-0.1, -0.05) is 154 Å². The van der Waals surface area contributed by atoms with E-state index in [0.29, 0.717) is 5.56 Å². The van der Waals surface area contributed by atoms with Crippen molar-refractivity contribution in [3.8, 4) is 67.8 Å². The van der Waals surface area contributed by atoms with Gasteiger partial charge in [-0.05, 0) is 97.1 Å². The molecule has 0 aliphatic rings. The first kappa shape index (κ1) is 44.8. The summed E-state index contributed by atoms with van der Waals surface area (Å²) in [5.41, 5.74) is 14.5. The molecular formula is C61H48IrN4SSi-2. The zero-order valence-electron chi connectivity index (χ0n) is 39.5. The van der Waals surface area contributed by atoms with E-state index in [0.717, 1.165) is 67.2 Å². The number of hydrogen-bond acceptors (Lipinski definition) is 4. The summed E-state index contributed by atoms with van der Waals surface area (Å²) < 4.78 is 13.1. The first-order valence-corrected chi connectivity index (χ1v) is 26.8. The largest absolute Gasteiger partial charge is 0.333 e. The van der Waals surface area contributed by atoms with Crippen molar-refractivity contribution in [1.82, 2.24) is 14.5 Å². The Hall–Kier alpha value is -7.04. The molecule has 0 unspecified atom stereocenters. The van der Waals surface area contributed by atoms with Crippen LogP contribution in [0.4, 0.5) is 0 Å². The first-order valence-electron chi connectivity index (χ1n) is 23.0. The molecule has 1 radical (unpaired) electrons. The van der Waals surface area contributed by atoms with Crippen LogP contribution in [0.1, 0.15) is 32.2 Å². The van der Waals surface area contributed by atoms with Gasteiger partial charge in [0.05, 0.1) is 36.6 Å². The van der Waals surface area contributed by atoms with Crippen molar-refractivity contribution in [2.24, 2.45) is 0 Å². The summed E-state index contributed by atoms with van der Waals surface area (Å²) in [5, 5.41) is 12.9. The number of rotatable bonds is 8. The molecule has 0 saturated carbocycles. The van der Waals surface area contributed by atoms with Crippen molar-refractivity contribution in [1.29, 1.82) is 5.26 Å².